The Morgan fingerprint density at radius 2 is 1.28 bits per heavy atom. The number of alkyl carbamates (subject to hydrolysis) is 3. The van der Waals surface area contributed by atoms with E-state index in [1.54, 1.807) is 0 Å². The Labute approximate surface area is 266 Å². The molecule has 46 heavy (non-hydrogen) atoms. The Kier molecular flexibility index (Phi) is 10.6. The SMILES string of the molecule is O=C(NC1CCCCC1)OC[C@@H]1O[C@@H](n2cnc3c(=O)[nH]cnc32)[C@H](OC(=O)NC2CCCCC2)[C@@H]1OC(=O)NC1CCCCC1. The van der Waals surface area contributed by atoms with Crippen LogP contribution in [0.15, 0.2) is 17.4 Å². The van der Waals surface area contributed by atoms with Crippen LogP contribution < -0.4 is 21.5 Å². The molecule has 4 fully saturated rings. The van der Waals surface area contributed by atoms with E-state index in [1.807, 2.05) is 0 Å². The Bertz CT molecular complexity index is 1400. The van der Waals surface area contributed by atoms with E-state index < -0.39 is 48.4 Å². The third-order valence-electron chi connectivity index (χ3n) is 9.57. The molecule has 0 bridgehead atoms. The summed E-state index contributed by atoms with van der Waals surface area (Å²) >= 11 is 0. The van der Waals surface area contributed by atoms with Gasteiger partial charge in [0.15, 0.2) is 29.6 Å². The number of fused-ring (bicyclic) bond motifs is 1. The smallest absolute Gasteiger partial charge is 0.407 e. The third kappa shape index (κ3) is 7.91. The number of nitrogens with zero attached hydrogens (tertiary/aromatic N) is 3. The fourth-order valence-corrected chi connectivity index (χ4v) is 7.14. The normalized spacial score (nSPS) is 26.3. The zero-order chi connectivity index (χ0) is 31.9. The maximum Gasteiger partial charge on any atom is 0.407 e. The van der Waals surface area contributed by atoms with Gasteiger partial charge in [0.1, 0.15) is 12.7 Å². The Morgan fingerprint density at radius 3 is 1.85 bits per heavy atom. The maximum atomic E-state index is 13.3. The molecule has 2 aromatic heterocycles. The van der Waals surface area contributed by atoms with Gasteiger partial charge in [0.05, 0.1) is 12.7 Å². The molecule has 1 aliphatic heterocycles. The minimum absolute atomic E-state index is 0.0298. The van der Waals surface area contributed by atoms with Crippen LogP contribution in [0.25, 0.3) is 11.2 Å². The number of ether oxygens (including phenoxy) is 4. The minimum Gasteiger partial charge on any atom is -0.447 e. The molecule has 0 spiro atoms. The number of aromatic nitrogens is 4. The Hall–Kier alpha value is -3.88. The van der Waals surface area contributed by atoms with Crippen molar-refractivity contribution in [3.8, 4) is 0 Å². The van der Waals surface area contributed by atoms with Gasteiger partial charge in [-0.15, -0.1) is 0 Å². The van der Waals surface area contributed by atoms with E-state index in [0.717, 1.165) is 96.3 Å². The number of H-pyrrole nitrogens is 1. The number of amides is 3. The van der Waals surface area contributed by atoms with Gasteiger partial charge in [-0.2, -0.15) is 0 Å². The summed E-state index contributed by atoms with van der Waals surface area (Å²) in [6.45, 7) is -0.277. The summed E-state index contributed by atoms with van der Waals surface area (Å²) in [4.78, 5) is 62.8. The van der Waals surface area contributed by atoms with Crippen molar-refractivity contribution in [2.75, 3.05) is 6.61 Å². The molecule has 0 aromatic carbocycles. The number of aromatic amines is 1. The second kappa shape index (κ2) is 15.1. The molecular weight excluding hydrogens is 598 g/mol. The fourth-order valence-electron chi connectivity index (χ4n) is 7.14. The molecule has 3 amide bonds. The average molecular weight is 644 g/mol. The molecule has 4 aliphatic rings. The highest BCUT2D eigenvalue weighted by molar-refractivity contribution is 5.71. The molecule has 1 saturated heterocycles. The predicted molar refractivity (Wildman–Crippen MR) is 164 cm³/mol. The molecule has 252 valence electrons. The standard InChI is InChI=1S/C31H45N7O8/c39-27-23-26(32-17-33-27)38(18-34-23)28-25(46-31(42)37-21-14-8-3-9-15-21)24(45-30(41)36-20-12-6-2-7-13-20)22(44-28)16-43-29(40)35-19-10-4-1-5-11-19/h17-22,24-25,28H,1-16H2,(H,35,40)(H,36,41)(H,37,42)(H,32,33,39)/t22-,24+,25+,28+/m0/s1. The highest BCUT2D eigenvalue weighted by atomic mass is 16.7. The van der Waals surface area contributed by atoms with Crippen LogP contribution in [0.1, 0.15) is 103 Å². The van der Waals surface area contributed by atoms with Crippen LogP contribution in [-0.2, 0) is 18.9 Å². The molecular formula is C31H45N7O8. The van der Waals surface area contributed by atoms with E-state index in [0.29, 0.717) is 0 Å². The lowest BCUT2D eigenvalue weighted by Crippen LogP contribution is -2.47. The molecule has 3 saturated carbocycles. The first-order chi connectivity index (χ1) is 22.4. The van der Waals surface area contributed by atoms with E-state index >= 15 is 0 Å². The number of hydrogen-bond acceptors (Lipinski definition) is 10. The van der Waals surface area contributed by atoms with Gasteiger partial charge in [-0.3, -0.25) is 9.36 Å². The van der Waals surface area contributed by atoms with Gasteiger partial charge in [0.2, 0.25) is 0 Å². The molecule has 4 N–H and O–H groups in total. The molecule has 2 aromatic rings. The lowest BCUT2D eigenvalue weighted by Gasteiger charge is -2.28. The zero-order valence-electron chi connectivity index (χ0n) is 26.1. The summed E-state index contributed by atoms with van der Waals surface area (Å²) in [7, 11) is 0. The monoisotopic (exact) mass is 643 g/mol. The lowest BCUT2D eigenvalue weighted by molar-refractivity contribution is -0.0557. The van der Waals surface area contributed by atoms with Gasteiger partial charge in [0, 0.05) is 18.1 Å². The van der Waals surface area contributed by atoms with Gasteiger partial charge >= 0.3 is 18.3 Å². The lowest BCUT2D eigenvalue weighted by atomic mass is 9.96. The molecule has 15 nitrogen and oxygen atoms in total. The van der Waals surface area contributed by atoms with Gasteiger partial charge in [-0.1, -0.05) is 57.8 Å². The van der Waals surface area contributed by atoms with Gasteiger partial charge in [-0.05, 0) is 38.5 Å². The average Bonchev–Trinajstić information content (AvgIpc) is 3.63. The van der Waals surface area contributed by atoms with Crippen molar-refractivity contribution in [2.45, 2.75) is 139 Å². The maximum absolute atomic E-state index is 13.3. The number of nitrogens with one attached hydrogen (secondary N) is 4. The van der Waals surface area contributed by atoms with Crippen LogP contribution in [0.4, 0.5) is 14.4 Å². The summed E-state index contributed by atoms with van der Waals surface area (Å²) in [5.74, 6) is 0. The molecule has 0 radical (unpaired) electrons. The van der Waals surface area contributed by atoms with E-state index in [2.05, 4.69) is 30.9 Å². The van der Waals surface area contributed by atoms with Crippen molar-refractivity contribution in [3.05, 3.63) is 23.0 Å². The van der Waals surface area contributed by atoms with E-state index in [1.165, 1.54) is 17.2 Å². The van der Waals surface area contributed by atoms with Crippen molar-refractivity contribution >= 4 is 29.4 Å². The van der Waals surface area contributed by atoms with Crippen LogP contribution in [0, 0.1) is 0 Å². The summed E-state index contributed by atoms with van der Waals surface area (Å²) in [5.41, 5.74) is -0.194. The topological polar surface area (TPSA) is 188 Å². The highest BCUT2D eigenvalue weighted by Crippen LogP contribution is 2.36. The highest BCUT2D eigenvalue weighted by Gasteiger charge is 2.52. The van der Waals surface area contributed by atoms with Crippen molar-refractivity contribution in [1.29, 1.82) is 0 Å². The van der Waals surface area contributed by atoms with Crippen molar-refractivity contribution in [2.24, 2.45) is 0 Å². The molecule has 0 unspecified atom stereocenters. The quantitative estimate of drug-likeness (QED) is 0.307. The molecule has 3 aliphatic carbocycles. The van der Waals surface area contributed by atoms with Crippen LogP contribution in [0.5, 0.6) is 0 Å². The van der Waals surface area contributed by atoms with Crippen LogP contribution in [-0.4, -0.2) is 80.8 Å². The molecule has 6 rings (SSSR count). The Balaban J connectivity index is 1.24. The van der Waals surface area contributed by atoms with Crippen LogP contribution >= 0.6 is 0 Å². The summed E-state index contributed by atoms with van der Waals surface area (Å²) in [5, 5.41) is 8.80. The number of imidazole rings is 1. The first-order valence-electron chi connectivity index (χ1n) is 16.9. The van der Waals surface area contributed by atoms with Crippen molar-refractivity contribution in [1.82, 2.24) is 35.5 Å². The van der Waals surface area contributed by atoms with Crippen molar-refractivity contribution in [3.63, 3.8) is 0 Å². The first-order valence-corrected chi connectivity index (χ1v) is 16.9. The minimum atomic E-state index is -1.19. The second-order valence-electron chi connectivity index (χ2n) is 12.9. The first kappa shape index (κ1) is 32.1. The fraction of sp³-hybridized carbons (Fsp3) is 0.742. The summed E-state index contributed by atoms with van der Waals surface area (Å²) in [6, 6.07) is -0.0291. The van der Waals surface area contributed by atoms with Gasteiger partial charge in [0.25, 0.3) is 5.56 Å². The summed E-state index contributed by atoms with van der Waals surface area (Å²) < 4.78 is 25.4. The number of rotatable bonds is 8. The predicted octanol–water partition coefficient (Wildman–Crippen LogP) is 3.93. The van der Waals surface area contributed by atoms with E-state index in [4.69, 9.17) is 18.9 Å². The van der Waals surface area contributed by atoms with E-state index in [-0.39, 0.29) is 35.9 Å². The Morgan fingerprint density at radius 1 is 0.761 bits per heavy atom. The largest absolute Gasteiger partial charge is 0.447 e. The number of carbonyl (C=O) groups excluding carboxylic acids is 3. The summed E-state index contributed by atoms with van der Waals surface area (Å²) in [6.07, 6.45) is 10.9. The third-order valence-corrected chi connectivity index (χ3v) is 9.57. The van der Waals surface area contributed by atoms with Crippen molar-refractivity contribution < 1.29 is 33.3 Å². The van der Waals surface area contributed by atoms with Crippen LogP contribution in [0.2, 0.25) is 0 Å². The second-order valence-corrected chi connectivity index (χ2v) is 12.9. The molecule has 15 heteroatoms. The van der Waals surface area contributed by atoms with E-state index in [9.17, 15) is 19.2 Å². The number of carbonyl (C=O) groups is 3. The van der Waals surface area contributed by atoms with Gasteiger partial charge < -0.3 is 39.9 Å². The molecule has 3 heterocycles. The zero-order valence-corrected chi connectivity index (χ0v) is 26.1. The number of hydrogen-bond donors (Lipinski definition) is 4. The molecule has 4 atom stereocenters. The van der Waals surface area contributed by atoms with Crippen LogP contribution in [0.3, 0.4) is 0 Å². The van der Waals surface area contributed by atoms with Gasteiger partial charge in [-0.25, -0.2) is 24.4 Å².